The van der Waals surface area contributed by atoms with Gasteiger partial charge in [0.05, 0.1) is 6.04 Å². The van der Waals surface area contributed by atoms with E-state index in [2.05, 4.69) is 52.4 Å². The highest BCUT2D eigenvalue weighted by atomic mass is 16.5. The van der Waals surface area contributed by atoms with E-state index >= 15 is 0 Å². The lowest BCUT2D eigenvalue weighted by atomic mass is 9.96. The first-order chi connectivity index (χ1) is 13.3. The summed E-state index contributed by atoms with van der Waals surface area (Å²) in [7, 11) is 0. The van der Waals surface area contributed by atoms with Gasteiger partial charge in [-0.2, -0.15) is 0 Å². The highest BCUT2D eigenvalue weighted by molar-refractivity contribution is 5.15. The minimum absolute atomic E-state index is 0.276. The second-order valence-electron chi connectivity index (χ2n) is 8.17. The molecule has 2 saturated heterocycles. The Bertz CT molecular complexity index is 697. The standard InChI is InChI=1S/C22H31N3O2/c1-17(15-18-7-3-2-4-8-18)16-25-12-6-5-9-20(25)22-24-23-21(27-22)19-10-13-26-14-11-19/h2-4,7-8,17,19-20H,5-6,9-16H2,1H3. The zero-order valence-electron chi connectivity index (χ0n) is 16.3. The number of likely N-dealkylation sites (tertiary alicyclic amines) is 1. The summed E-state index contributed by atoms with van der Waals surface area (Å²) in [6.45, 7) is 6.15. The number of rotatable bonds is 6. The van der Waals surface area contributed by atoms with E-state index in [4.69, 9.17) is 9.15 Å². The van der Waals surface area contributed by atoms with Gasteiger partial charge in [0.15, 0.2) is 0 Å². The molecule has 1 aromatic heterocycles. The van der Waals surface area contributed by atoms with Gasteiger partial charge >= 0.3 is 0 Å². The van der Waals surface area contributed by atoms with Crippen molar-refractivity contribution in [2.45, 2.75) is 57.4 Å². The van der Waals surface area contributed by atoms with Crippen LogP contribution in [0.4, 0.5) is 0 Å². The number of benzene rings is 1. The minimum atomic E-state index is 0.276. The Morgan fingerprint density at radius 2 is 1.81 bits per heavy atom. The number of ether oxygens (including phenoxy) is 1. The number of hydrogen-bond donors (Lipinski definition) is 0. The summed E-state index contributed by atoms with van der Waals surface area (Å²) in [6, 6.07) is 11.1. The first-order valence-electron chi connectivity index (χ1n) is 10.5. The van der Waals surface area contributed by atoms with Gasteiger partial charge in [-0.15, -0.1) is 10.2 Å². The molecule has 5 nitrogen and oxygen atoms in total. The summed E-state index contributed by atoms with van der Waals surface area (Å²) < 4.78 is 11.6. The molecule has 2 aliphatic rings. The minimum Gasteiger partial charge on any atom is -0.423 e. The van der Waals surface area contributed by atoms with E-state index in [1.165, 1.54) is 18.4 Å². The molecule has 3 heterocycles. The molecule has 0 N–H and O–H groups in total. The van der Waals surface area contributed by atoms with Crippen LogP contribution in [0.3, 0.4) is 0 Å². The van der Waals surface area contributed by atoms with Crippen LogP contribution >= 0.6 is 0 Å². The lowest BCUT2D eigenvalue weighted by Gasteiger charge is -2.35. The number of hydrogen-bond acceptors (Lipinski definition) is 5. The number of piperidine rings is 1. The summed E-state index contributed by atoms with van der Waals surface area (Å²) in [5, 5.41) is 8.85. The molecule has 27 heavy (non-hydrogen) atoms. The number of nitrogens with zero attached hydrogens (tertiary/aromatic N) is 3. The van der Waals surface area contributed by atoms with E-state index in [1.807, 2.05) is 0 Å². The monoisotopic (exact) mass is 369 g/mol. The lowest BCUT2D eigenvalue weighted by molar-refractivity contribution is 0.0763. The molecule has 2 fully saturated rings. The predicted octanol–water partition coefficient (Wildman–Crippen LogP) is 4.37. The topological polar surface area (TPSA) is 51.4 Å². The molecule has 2 unspecified atom stereocenters. The van der Waals surface area contributed by atoms with E-state index in [-0.39, 0.29) is 6.04 Å². The van der Waals surface area contributed by atoms with Crippen LogP contribution in [-0.2, 0) is 11.2 Å². The summed E-state index contributed by atoms with van der Waals surface area (Å²) in [5.41, 5.74) is 1.41. The second kappa shape index (κ2) is 8.98. The summed E-state index contributed by atoms with van der Waals surface area (Å²) >= 11 is 0. The normalized spacial score (nSPS) is 23.4. The van der Waals surface area contributed by atoms with Crippen molar-refractivity contribution in [1.29, 1.82) is 0 Å². The summed E-state index contributed by atoms with van der Waals surface area (Å²) in [5.74, 6) is 2.61. The van der Waals surface area contributed by atoms with Crippen molar-refractivity contribution in [3.05, 3.63) is 47.7 Å². The Morgan fingerprint density at radius 1 is 1.04 bits per heavy atom. The van der Waals surface area contributed by atoms with E-state index in [0.717, 1.165) is 63.8 Å². The van der Waals surface area contributed by atoms with E-state index < -0.39 is 0 Å². The van der Waals surface area contributed by atoms with E-state index in [1.54, 1.807) is 0 Å². The maximum absolute atomic E-state index is 6.17. The predicted molar refractivity (Wildman–Crippen MR) is 105 cm³/mol. The van der Waals surface area contributed by atoms with Gasteiger partial charge in [-0.1, -0.05) is 43.7 Å². The van der Waals surface area contributed by atoms with Crippen LogP contribution in [0.25, 0.3) is 0 Å². The quantitative estimate of drug-likeness (QED) is 0.757. The first kappa shape index (κ1) is 18.6. The maximum atomic E-state index is 6.17. The molecule has 2 atom stereocenters. The molecule has 0 amide bonds. The zero-order chi connectivity index (χ0) is 18.5. The molecule has 5 heteroatoms. The molecule has 0 bridgehead atoms. The van der Waals surface area contributed by atoms with Gasteiger partial charge in [-0.3, -0.25) is 4.90 Å². The molecule has 0 radical (unpaired) electrons. The van der Waals surface area contributed by atoms with Crippen molar-refractivity contribution in [2.24, 2.45) is 5.92 Å². The van der Waals surface area contributed by atoms with Crippen LogP contribution in [0, 0.1) is 5.92 Å². The molecule has 4 rings (SSSR count). The third kappa shape index (κ3) is 4.77. The van der Waals surface area contributed by atoms with Gasteiger partial charge in [0.2, 0.25) is 11.8 Å². The fourth-order valence-corrected chi connectivity index (χ4v) is 4.46. The van der Waals surface area contributed by atoms with Gasteiger partial charge in [0.25, 0.3) is 0 Å². The molecule has 2 aliphatic heterocycles. The van der Waals surface area contributed by atoms with Crippen molar-refractivity contribution in [2.75, 3.05) is 26.3 Å². The third-order valence-electron chi connectivity index (χ3n) is 5.90. The van der Waals surface area contributed by atoms with Crippen molar-refractivity contribution in [3.63, 3.8) is 0 Å². The van der Waals surface area contributed by atoms with Gasteiger partial charge in [0, 0.05) is 25.7 Å². The van der Waals surface area contributed by atoms with Gasteiger partial charge in [0.1, 0.15) is 0 Å². The van der Waals surface area contributed by atoms with E-state index in [0.29, 0.717) is 11.8 Å². The van der Waals surface area contributed by atoms with Crippen LogP contribution < -0.4 is 0 Å². The highest BCUT2D eigenvalue weighted by Gasteiger charge is 2.31. The average molecular weight is 370 g/mol. The Morgan fingerprint density at radius 3 is 2.63 bits per heavy atom. The maximum Gasteiger partial charge on any atom is 0.233 e. The summed E-state index contributed by atoms with van der Waals surface area (Å²) in [4.78, 5) is 2.57. The Hall–Kier alpha value is -1.72. The molecule has 2 aromatic rings. The van der Waals surface area contributed by atoms with Crippen LogP contribution in [0.5, 0.6) is 0 Å². The van der Waals surface area contributed by atoms with Crippen molar-refractivity contribution in [1.82, 2.24) is 15.1 Å². The smallest absolute Gasteiger partial charge is 0.233 e. The SMILES string of the molecule is CC(Cc1ccccc1)CN1CCCCC1c1nnc(C2CCOCC2)o1. The Kier molecular flexibility index (Phi) is 6.20. The second-order valence-corrected chi connectivity index (χ2v) is 8.17. The van der Waals surface area contributed by atoms with Crippen molar-refractivity contribution in [3.8, 4) is 0 Å². The molecular weight excluding hydrogens is 338 g/mol. The zero-order valence-corrected chi connectivity index (χ0v) is 16.3. The van der Waals surface area contributed by atoms with Gasteiger partial charge in [-0.25, -0.2) is 0 Å². The van der Waals surface area contributed by atoms with Crippen LogP contribution in [0.1, 0.15) is 68.3 Å². The molecule has 0 spiro atoms. The number of aromatic nitrogens is 2. The van der Waals surface area contributed by atoms with Crippen molar-refractivity contribution < 1.29 is 9.15 Å². The molecule has 0 saturated carbocycles. The Balaban J connectivity index is 1.40. The Labute approximate surface area is 162 Å². The van der Waals surface area contributed by atoms with Crippen LogP contribution in [0.2, 0.25) is 0 Å². The van der Waals surface area contributed by atoms with Crippen LogP contribution in [0.15, 0.2) is 34.7 Å². The molecule has 1 aromatic carbocycles. The van der Waals surface area contributed by atoms with Crippen LogP contribution in [-0.4, -0.2) is 41.4 Å². The van der Waals surface area contributed by atoms with E-state index in [9.17, 15) is 0 Å². The first-order valence-corrected chi connectivity index (χ1v) is 10.5. The molecule has 146 valence electrons. The lowest BCUT2D eigenvalue weighted by Crippen LogP contribution is -2.37. The molecule has 0 aliphatic carbocycles. The average Bonchev–Trinajstić information content (AvgIpc) is 3.20. The van der Waals surface area contributed by atoms with Gasteiger partial charge < -0.3 is 9.15 Å². The summed E-state index contributed by atoms with van der Waals surface area (Å²) in [6.07, 6.45) is 6.71. The molecular formula is C22H31N3O2. The van der Waals surface area contributed by atoms with Gasteiger partial charge in [-0.05, 0) is 50.1 Å². The van der Waals surface area contributed by atoms with Crippen molar-refractivity contribution >= 4 is 0 Å². The largest absolute Gasteiger partial charge is 0.423 e. The fourth-order valence-electron chi connectivity index (χ4n) is 4.46. The highest BCUT2D eigenvalue weighted by Crippen LogP contribution is 2.33. The third-order valence-corrected chi connectivity index (χ3v) is 5.90. The fraction of sp³-hybridized carbons (Fsp3) is 0.636.